The van der Waals surface area contributed by atoms with Gasteiger partial charge >= 0.3 is 6.18 Å². The smallest absolute Gasteiger partial charge is 0.343 e. The van der Waals surface area contributed by atoms with Gasteiger partial charge < -0.3 is 15.6 Å². The molecule has 0 radical (unpaired) electrons. The third-order valence-corrected chi connectivity index (χ3v) is 4.43. The minimum atomic E-state index is -4.49. The molecule has 3 N–H and O–H groups in total. The number of benzene rings is 1. The van der Waals surface area contributed by atoms with Crippen LogP contribution >= 0.6 is 0 Å². The van der Waals surface area contributed by atoms with E-state index in [0.29, 0.717) is 11.4 Å². The fourth-order valence-corrected chi connectivity index (χ4v) is 2.70. The van der Waals surface area contributed by atoms with Crippen LogP contribution in [0.25, 0.3) is 11.0 Å². The predicted molar refractivity (Wildman–Crippen MR) is 105 cm³/mol. The molecule has 0 spiro atoms. The average molecular weight is 419 g/mol. The molecule has 7 nitrogen and oxygen atoms in total. The zero-order valence-electron chi connectivity index (χ0n) is 16.5. The van der Waals surface area contributed by atoms with Crippen molar-refractivity contribution in [2.75, 3.05) is 5.32 Å². The van der Waals surface area contributed by atoms with Crippen molar-refractivity contribution in [3.63, 3.8) is 0 Å². The van der Waals surface area contributed by atoms with Crippen molar-refractivity contribution in [2.24, 2.45) is 5.92 Å². The fourth-order valence-electron chi connectivity index (χ4n) is 2.70. The minimum absolute atomic E-state index is 0.0986. The summed E-state index contributed by atoms with van der Waals surface area (Å²) in [6, 6.07) is 5.90. The first-order valence-corrected chi connectivity index (χ1v) is 9.19. The van der Waals surface area contributed by atoms with Gasteiger partial charge in [0.1, 0.15) is 5.82 Å². The second-order valence-electron chi connectivity index (χ2n) is 7.13. The standard InChI is InChI=1S/C20H20F3N5O2/c1-10(2)18(29)28-16-8-12(6-7-24-16)11(3)25-19(30)17-26-14-5-4-13(20(21,22)23)9-15(14)27-17/h4-11H,1-3H3,(H,25,30)(H,26,27)(H,24,28,29). The molecule has 158 valence electrons. The van der Waals surface area contributed by atoms with Crippen LogP contribution in [0.4, 0.5) is 19.0 Å². The van der Waals surface area contributed by atoms with Crippen molar-refractivity contribution >= 4 is 28.7 Å². The summed E-state index contributed by atoms with van der Waals surface area (Å²) in [5.74, 6) is -0.707. The molecule has 0 aliphatic carbocycles. The second kappa shape index (κ2) is 8.13. The molecule has 0 saturated heterocycles. The van der Waals surface area contributed by atoms with Crippen LogP contribution in [0.2, 0.25) is 0 Å². The molecule has 1 atom stereocenters. The molecule has 10 heteroatoms. The molecular formula is C20H20F3N5O2. The van der Waals surface area contributed by atoms with Gasteiger partial charge in [-0.3, -0.25) is 9.59 Å². The molecule has 1 unspecified atom stereocenters. The Morgan fingerprint density at radius 1 is 1.10 bits per heavy atom. The number of nitrogens with zero attached hydrogens (tertiary/aromatic N) is 2. The third-order valence-electron chi connectivity index (χ3n) is 4.43. The molecule has 0 fully saturated rings. The minimum Gasteiger partial charge on any atom is -0.343 e. The molecule has 2 heterocycles. The number of pyridine rings is 1. The van der Waals surface area contributed by atoms with Crippen LogP contribution < -0.4 is 10.6 Å². The zero-order valence-corrected chi connectivity index (χ0v) is 16.5. The van der Waals surface area contributed by atoms with E-state index in [4.69, 9.17) is 0 Å². The molecule has 1 aromatic carbocycles. The Morgan fingerprint density at radius 3 is 2.50 bits per heavy atom. The van der Waals surface area contributed by atoms with E-state index in [1.807, 2.05) is 0 Å². The number of nitrogens with one attached hydrogen (secondary N) is 3. The Bertz CT molecular complexity index is 1090. The quantitative estimate of drug-likeness (QED) is 0.581. The van der Waals surface area contributed by atoms with Gasteiger partial charge in [0.05, 0.1) is 22.6 Å². The van der Waals surface area contributed by atoms with E-state index < -0.39 is 23.7 Å². The Hall–Kier alpha value is -3.43. The number of halogens is 3. The van der Waals surface area contributed by atoms with Crippen LogP contribution in [0.5, 0.6) is 0 Å². The highest BCUT2D eigenvalue weighted by Crippen LogP contribution is 2.30. The SMILES string of the molecule is CC(C)C(=O)Nc1cc(C(C)NC(=O)c2nc3ccc(C(F)(F)F)cc3[nH]2)ccn1. The summed E-state index contributed by atoms with van der Waals surface area (Å²) in [5.41, 5.74) is 0.230. The van der Waals surface area contributed by atoms with Gasteiger partial charge in [-0.2, -0.15) is 13.2 Å². The molecule has 3 rings (SSSR count). The Morgan fingerprint density at radius 2 is 1.83 bits per heavy atom. The molecule has 0 aliphatic rings. The number of rotatable bonds is 5. The van der Waals surface area contributed by atoms with Crippen LogP contribution in [-0.2, 0) is 11.0 Å². The Kier molecular flexibility index (Phi) is 5.77. The van der Waals surface area contributed by atoms with Gasteiger partial charge in [0.15, 0.2) is 5.82 Å². The largest absolute Gasteiger partial charge is 0.416 e. The summed E-state index contributed by atoms with van der Waals surface area (Å²) in [7, 11) is 0. The second-order valence-corrected chi connectivity index (χ2v) is 7.13. The lowest BCUT2D eigenvalue weighted by Crippen LogP contribution is -2.27. The monoisotopic (exact) mass is 419 g/mol. The molecule has 2 aromatic heterocycles. The van der Waals surface area contributed by atoms with Gasteiger partial charge in [0.25, 0.3) is 5.91 Å². The summed E-state index contributed by atoms with van der Waals surface area (Å²) in [4.78, 5) is 35.1. The molecule has 0 bridgehead atoms. The highest BCUT2D eigenvalue weighted by Gasteiger charge is 2.31. The topological polar surface area (TPSA) is 99.8 Å². The van der Waals surface area contributed by atoms with E-state index in [0.717, 1.165) is 12.1 Å². The predicted octanol–water partition coefficient (Wildman–Crippen LogP) is 4.06. The fraction of sp³-hybridized carbons (Fsp3) is 0.300. The van der Waals surface area contributed by atoms with Crippen molar-refractivity contribution in [2.45, 2.75) is 33.0 Å². The number of imidazole rings is 1. The van der Waals surface area contributed by atoms with Gasteiger partial charge in [-0.1, -0.05) is 13.8 Å². The summed E-state index contributed by atoms with van der Waals surface area (Å²) in [6.07, 6.45) is -2.98. The van der Waals surface area contributed by atoms with E-state index in [9.17, 15) is 22.8 Å². The lowest BCUT2D eigenvalue weighted by Gasteiger charge is -2.15. The summed E-state index contributed by atoms with van der Waals surface area (Å²) in [6.45, 7) is 5.24. The van der Waals surface area contributed by atoms with Gasteiger partial charge in [-0.25, -0.2) is 9.97 Å². The molecule has 30 heavy (non-hydrogen) atoms. The van der Waals surface area contributed by atoms with Crippen LogP contribution in [0.1, 0.15) is 48.6 Å². The maximum absolute atomic E-state index is 12.9. The van der Waals surface area contributed by atoms with E-state index in [2.05, 4.69) is 25.6 Å². The van der Waals surface area contributed by atoms with Crippen molar-refractivity contribution in [3.8, 4) is 0 Å². The lowest BCUT2D eigenvalue weighted by molar-refractivity contribution is -0.137. The zero-order chi connectivity index (χ0) is 22.1. The maximum atomic E-state index is 12.9. The van der Waals surface area contributed by atoms with E-state index >= 15 is 0 Å². The summed E-state index contributed by atoms with van der Waals surface area (Å²) >= 11 is 0. The molecule has 2 amide bonds. The van der Waals surface area contributed by atoms with Gasteiger partial charge in [-0.05, 0) is 42.8 Å². The number of amides is 2. The highest BCUT2D eigenvalue weighted by atomic mass is 19.4. The number of H-pyrrole nitrogens is 1. The van der Waals surface area contributed by atoms with Gasteiger partial charge in [0, 0.05) is 12.1 Å². The molecule has 0 saturated carbocycles. The number of alkyl halides is 3. The molecule has 3 aromatic rings. The maximum Gasteiger partial charge on any atom is 0.416 e. The summed E-state index contributed by atoms with van der Waals surface area (Å²) in [5, 5.41) is 5.41. The van der Waals surface area contributed by atoms with E-state index in [1.165, 1.54) is 12.3 Å². The van der Waals surface area contributed by atoms with Crippen LogP contribution in [0, 0.1) is 5.92 Å². The van der Waals surface area contributed by atoms with Gasteiger partial charge in [-0.15, -0.1) is 0 Å². The number of fused-ring (bicyclic) bond motifs is 1. The number of hydrogen-bond donors (Lipinski definition) is 3. The van der Waals surface area contributed by atoms with Gasteiger partial charge in [0.2, 0.25) is 5.91 Å². The van der Waals surface area contributed by atoms with Crippen molar-refractivity contribution < 1.29 is 22.8 Å². The number of hydrogen-bond acceptors (Lipinski definition) is 4. The Balaban J connectivity index is 1.75. The van der Waals surface area contributed by atoms with E-state index in [-0.39, 0.29) is 28.7 Å². The van der Waals surface area contributed by atoms with E-state index in [1.54, 1.807) is 32.9 Å². The lowest BCUT2D eigenvalue weighted by atomic mass is 10.1. The molecular weight excluding hydrogens is 399 g/mol. The first kappa shape index (κ1) is 21.3. The molecule has 0 aliphatic heterocycles. The van der Waals surface area contributed by atoms with Crippen molar-refractivity contribution in [1.82, 2.24) is 20.3 Å². The summed E-state index contributed by atoms with van der Waals surface area (Å²) < 4.78 is 38.6. The number of aromatic nitrogens is 3. The first-order chi connectivity index (χ1) is 14.0. The van der Waals surface area contributed by atoms with Crippen LogP contribution in [-0.4, -0.2) is 26.8 Å². The highest BCUT2D eigenvalue weighted by molar-refractivity contribution is 5.94. The third kappa shape index (κ3) is 4.76. The number of carbonyl (C=O) groups is 2. The van der Waals surface area contributed by atoms with Crippen molar-refractivity contribution in [1.29, 1.82) is 0 Å². The number of anilines is 1. The van der Waals surface area contributed by atoms with Crippen LogP contribution in [0.15, 0.2) is 36.5 Å². The normalized spacial score (nSPS) is 12.8. The Labute approximate surface area is 170 Å². The van der Waals surface area contributed by atoms with Crippen molar-refractivity contribution in [3.05, 3.63) is 53.5 Å². The van der Waals surface area contributed by atoms with Crippen LogP contribution in [0.3, 0.4) is 0 Å². The first-order valence-electron chi connectivity index (χ1n) is 9.19. The average Bonchev–Trinajstić information content (AvgIpc) is 3.11. The number of carbonyl (C=O) groups excluding carboxylic acids is 2. The number of aromatic amines is 1.